The van der Waals surface area contributed by atoms with Gasteiger partial charge in [0, 0.05) is 56.0 Å². The average molecular weight is 415 g/mol. The molecule has 2 aromatic rings. The molecule has 4 atom stereocenters. The van der Waals surface area contributed by atoms with Crippen LogP contribution >= 0.6 is 0 Å². The van der Waals surface area contributed by atoms with Gasteiger partial charge in [0.2, 0.25) is 11.9 Å². The van der Waals surface area contributed by atoms with Crippen LogP contribution in [0.25, 0.3) is 11.3 Å². The van der Waals surface area contributed by atoms with Crippen LogP contribution in [0.1, 0.15) is 19.3 Å². The number of aromatic nitrogens is 4. The van der Waals surface area contributed by atoms with Gasteiger partial charge in [-0.05, 0) is 18.8 Å². The molecular formula is C20H23F2N7O. The molecule has 0 radical (unpaired) electrons. The molecule has 0 amide bonds. The third-order valence-electron chi connectivity index (χ3n) is 6.98. The summed E-state index contributed by atoms with van der Waals surface area (Å²) < 4.78 is 34.3. The summed E-state index contributed by atoms with van der Waals surface area (Å²) in [5, 5.41) is 0. The predicted octanol–water partition coefficient (Wildman–Crippen LogP) is 1.97. The van der Waals surface area contributed by atoms with Crippen molar-refractivity contribution in [2.75, 3.05) is 41.8 Å². The lowest BCUT2D eigenvalue weighted by molar-refractivity contribution is -0.0351. The van der Waals surface area contributed by atoms with E-state index in [1.165, 1.54) is 0 Å². The summed E-state index contributed by atoms with van der Waals surface area (Å²) in [5.74, 6) is -1.75. The molecule has 5 heterocycles. The molecule has 2 bridgehead atoms. The predicted molar refractivity (Wildman–Crippen MR) is 106 cm³/mol. The molecule has 2 N–H and O–H groups in total. The first kappa shape index (κ1) is 18.2. The fourth-order valence-electron chi connectivity index (χ4n) is 5.38. The number of fused-ring (bicyclic) bond motifs is 3. The quantitative estimate of drug-likeness (QED) is 0.814. The van der Waals surface area contributed by atoms with E-state index in [-0.39, 0.29) is 37.0 Å². The molecule has 4 aliphatic rings. The highest BCUT2D eigenvalue weighted by Gasteiger charge is 2.54. The molecule has 10 heteroatoms. The number of morpholine rings is 1. The summed E-state index contributed by atoms with van der Waals surface area (Å²) in [7, 11) is 0. The molecule has 3 saturated heterocycles. The Morgan fingerprint density at radius 2 is 1.97 bits per heavy atom. The lowest BCUT2D eigenvalue weighted by atomic mass is 9.99. The number of halogens is 2. The molecule has 1 saturated carbocycles. The molecule has 3 aliphatic heterocycles. The van der Waals surface area contributed by atoms with Gasteiger partial charge in [-0.3, -0.25) is 0 Å². The smallest absolute Gasteiger partial charge is 0.252 e. The van der Waals surface area contributed by atoms with Crippen LogP contribution in [0.15, 0.2) is 18.5 Å². The number of alkyl halides is 2. The van der Waals surface area contributed by atoms with Crippen LogP contribution in [0.5, 0.6) is 0 Å². The number of anilines is 3. The topological polar surface area (TPSA) is 93.3 Å². The van der Waals surface area contributed by atoms with Crippen molar-refractivity contribution >= 4 is 17.7 Å². The Labute approximate surface area is 172 Å². The normalized spacial score (nSPS) is 31.5. The summed E-state index contributed by atoms with van der Waals surface area (Å²) >= 11 is 0. The van der Waals surface area contributed by atoms with Gasteiger partial charge in [0.05, 0.1) is 24.4 Å². The van der Waals surface area contributed by atoms with E-state index in [4.69, 9.17) is 20.4 Å². The third kappa shape index (κ3) is 2.88. The molecule has 158 valence electrons. The second-order valence-electron chi connectivity index (χ2n) is 8.81. The van der Waals surface area contributed by atoms with Crippen LogP contribution in [0.4, 0.5) is 26.5 Å². The van der Waals surface area contributed by atoms with E-state index < -0.39 is 11.8 Å². The minimum Gasteiger partial charge on any atom is -0.374 e. The molecule has 0 spiro atoms. The molecule has 4 fully saturated rings. The summed E-state index contributed by atoms with van der Waals surface area (Å²) in [4.78, 5) is 21.8. The molecule has 8 nitrogen and oxygen atoms in total. The third-order valence-corrected chi connectivity index (χ3v) is 6.98. The second-order valence-corrected chi connectivity index (χ2v) is 8.81. The Balaban J connectivity index is 1.38. The minimum atomic E-state index is -2.60. The number of ether oxygens (including phenoxy) is 1. The zero-order valence-electron chi connectivity index (χ0n) is 16.4. The maximum atomic E-state index is 14.3. The standard InChI is InChI=1S/C20H23F2N7O/c21-20(22)2-1-11-7-28(9-15(11)20)19-26-16(12-5-24-18(23)25-6-12)4-17(27-19)29-8-14-3-13(29)10-30-14/h4-6,11,13-15H,1-3,7-10H2,(H2,23,24,25)/t11-,13+,14+,15+/m1/s1. The van der Waals surface area contributed by atoms with Gasteiger partial charge in [0.25, 0.3) is 5.92 Å². The first-order valence-corrected chi connectivity index (χ1v) is 10.4. The molecule has 0 unspecified atom stereocenters. The maximum absolute atomic E-state index is 14.3. The van der Waals surface area contributed by atoms with Crippen molar-refractivity contribution in [1.82, 2.24) is 19.9 Å². The highest BCUT2D eigenvalue weighted by molar-refractivity contribution is 5.65. The number of nitrogen functional groups attached to an aromatic ring is 1. The van der Waals surface area contributed by atoms with Crippen molar-refractivity contribution in [3.8, 4) is 11.3 Å². The van der Waals surface area contributed by atoms with Crippen LogP contribution in [-0.2, 0) is 4.74 Å². The van der Waals surface area contributed by atoms with Crippen molar-refractivity contribution in [2.45, 2.75) is 37.3 Å². The van der Waals surface area contributed by atoms with Gasteiger partial charge < -0.3 is 20.3 Å². The van der Waals surface area contributed by atoms with E-state index >= 15 is 0 Å². The van der Waals surface area contributed by atoms with Crippen LogP contribution < -0.4 is 15.5 Å². The van der Waals surface area contributed by atoms with Crippen molar-refractivity contribution < 1.29 is 13.5 Å². The van der Waals surface area contributed by atoms with Gasteiger partial charge in [0.1, 0.15) is 5.82 Å². The molecule has 6 rings (SSSR count). The molecule has 2 aromatic heterocycles. The average Bonchev–Trinajstić information content (AvgIpc) is 3.51. The Kier molecular flexibility index (Phi) is 3.90. The maximum Gasteiger partial charge on any atom is 0.252 e. The van der Waals surface area contributed by atoms with Crippen LogP contribution in [-0.4, -0.2) is 64.2 Å². The van der Waals surface area contributed by atoms with Crippen molar-refractivity contribution in [1.29, 1.82) is 0 Å². The summed E-state index contributed by atoms with van der Waals surface area (Å²) in [6.45, 7) is 2.32. The number of hydrogen-bond donors (Lipinski definition) is 1. The Morgan fingerprint density at radius 3 is 2.67 bits per heavy atom. The van der Waals surface area contributed by atoms with Gasteiger partial charge in [-0.15, -0.1) is 0 Å². The largest absolute Gasteiger partial charge is 0.374 e. The summed E-state index contributed by atoms with van der Waals surface area (Å²) in [6, 6.07) is 2.21. The first-order chi connectivity index (χ1) is 14.5. The van der Waals surface area contributed by atoms with Crippen molar-refractivity contribution in [3.63, 3.8) is 0 Å². The number of nitrogens with two attached hydrogens (primary N) is 1. The summed E-state index contributed by atoms with van der Waals surface area (Å²) in [5.41, 5.74) is 7.02. The zero-order chi connectivity index (χ0) is 20.5. The Bertz CT molecular complexity index is 972. The number of rotatable bonds is 3. The Hall–Kier alpha value is -2.62. The van der Waals surface area contributed by atoms with Crippen molar-refractivity contribution in [2.24, 2.45) is 11.8 Å². The number of hydrogen-bond acceptors (Lipinski definition) is 8. The first-order valence-electron chi connectivity index (χ1n) is 10.4. The van der Waals surface area contributed by atoms with E-state index in [0.29, 0.717) is 31.2 Å². The van der Waals surface area contributed by atoms with E-state index in [2.05, 4.69) is 14.9 Å². The molecular weight excluding hydrogens is 392 g/mol. The molecule has 30 heavy (non-hydrogen) atoms. The van der Waals surface area contributed by atoms with Gasteiger partial charge >= 0.3 is 0 Å². The fourth-order valence-corrected chi connectivity index (χ4v) is 5.38. The highest BCUT2D eigenvalue weighted by Crippen LogP contribution is 2.49. The van der Waals surface area contributed by atoms with Crippen LogP contribution in [0, 0.1) is 11.8 Å². The van der Waals surface area contributed by atoms with E-state index in [0.717, 1.165) is 24.3 Å². The lowest BCUT2D eigenvalue weighted by Crippen LogP contribution is -2.38. The Morgan fingerprint density at radius 1 is 1.13 bits per heavy atom. The SMILES string of the molecule is Nc1ncc(-c2cc(N3C[C@@H]4C[C@H]3CO4)nc(N3C[C@H]4CCC(F)(F)[C@H]4C3)n2)cn1. The van der Waals surface area contributed by atoms with Crippen LogP contribution in [0.3, 0.4) is 0 Å². The number of nitrogens with zero attached hydrogens (tertiary/aromatic N) is 6. The van der Waals surface area contributed by atoms with E-state index in [1.54, 1.807) is 12.4 Å². The van der Waals surface area contributed by atoms with E-state index in [1.807, 2.05) is 11.0 Å². The van der Waals surface area contributed by atoms with Gasteiger partial charge in [-0.1, -0.05) is 0 Å². The van der Waals surface area contributed by atoms with Crippen LogP contribution in [0.2, 0.25) is 0 Å². The fraction of sp³-hybridized carbons (Fsp3) is 0.600. The molecule has 1 aliphatic carbocycles. The summed E-state index contributed by atoms with van der Waals surface area (Å²) in [6.07, 6.45) is 5.01. The lowest BCUT2D eigenvalue weighted by Gasteiger charge is -2.29. The van der Waals surface area contributed by atoms with Crippen molar-refractivity contribution in [3.05, 3.63) is 18.5 Å². The second kappa shape index (κ2) is 6.44. The minimum absolute atomic E-state index is 0.00763. The van der Waals surface area contributed by atoms with E-state index in [9.17, 15) is 8.78 Å². The highest BCUT2D eigenvalue weighted by atomic mass is 19.3. The van der Waals surface area contributed by atoms with Gasteiger partial charge in [0.15, 0.2) is 0 Å². The zero-order valence-corrected chi connectivity index (χ0v) is 16.4. The van der Waals surface area contributed by atoms with Gasteiger partial charge in [-0.2, -0.15) is 4.98 Å². The molecule has 0 aromatic carbocycles. The van der Waals surface area contributed by atoms with Gasteiger partial charge in [-0.25, -0.2) is 23.7 Å². The monoisotopic (exact) mass is 415 g/mol.